The molecule has 1 aliphatic rings. The molecule has 0 saturated carbocycles. The van der Waals surface area contributed by atoms with Crippen LogP contribution in [-0.2, 0) is 17.9 Å². The lowest BCUT2D eigenvalue weighted by Gasteiger charge is -2.12. The Balaban J connectivity index is 2.00. The number of fused-ring (bicyclic) bond motifs is 1. The first-order valence-electron chi connectivity index (χ1n) is 6.32. The number of nitrogens with one attached hydrogen (secondary N) is 1. The molecule has 0 radical (unpaired) electrons. The molecule has 1 atom stereocenters. The molecule has 4 heteroatoms. The summed E-state index contributed by atoms with van der Waals surface area (Å²) in [6, 6.07) is 10.0. The molecule has 0 saturated heterocycles. The van der Waals surface area contributed by atoms with Crippen LogP contribution >= 0.6 is 0 Å². The second kappa shape index (κ2) is 4.99. The van der Waals surface area contributed by atoms with Crippen LogP contribution in [0.1, 0.15) is 28.5 Å². The van der Waals surface area contributed by atoms with Crippen molar-refractivity contribution < 1.29 is 9.84 Å². The average Bonchev–Trinajstić information content (AvgIpc) is 2.88. The molecule has 2 heterocycles. The molecule has 1 aliphatic heterocycles. The van der Waals surface area contributed by atoms with E-state index in [1.165, 1.54) is 0 Å². The van der Waals surface area contributed by atoms with Gasteiger partial charge in [0.2, 0.25) is 0 Å². The lowest BCUT2D eigenvalue weighted by atomic mass is 10.00. The van der Waals surface area contributed by atoms with E-state index in [2.05, 4.69) is 10.3 Å². The standard InChI is InChI=1S/C15H16N2O2/c1-16-8-13-14(18)12-9-19-15(11(12)7-17-13)10-5-3-2-4-6-10/h2-7,15-16,18H,8-9H2,1H3. The van der Waals surface area contributed by atoms with E-state index in [4.69, 9.17) is 4.74 Å². The van der Waals surface area contributed by atoms with Crippen molar-refractivity contribution in [1.29, 1.82) is 0 Å². The van der Waals surface area contributed by atoms with Gasteiger partial charge >= 0.3 is 0 Å². The van der Waals surface area contributed by atoms with Crippen LogP contribution < -0.4 is 5.32 Å². The van der Waals surface area contributed by atoms with Crippen molar-refractivity contribution in [3.8, 4) is 5.75 Å². The SMILES string of the molecule is CNCc1ncc2c(c1O)COC2c1ccccc1. The lowest BCUT2D eigenvalue weighted by Crippen LogP contribution is -2.08. The Kier molecular flexibility index (Phi) is 3.19. The minimum atomic E-state index is -0.127. The summed E-state index contributed by atoms with van der Waals surface area (Å²) in [5, 5.41) is 13.2. The number of nitrogens with zero attached hydrogens (tertiary/aromatic N) is 1. The molecule has 1 unspecified atom stereocenters. The molecule has 2 aromatic rings. The van der Waals surface area contributed by atoms with Crippen LogP contribution in [0.25, 0.3) is 0 Å². The molecule has 3 rings (SSSR count). The van der Waals surface area contributed by atoms with Crippen molar-refractivity contribution in [3.05, 3.63) is 58.9 Å². The van der Waals surface area contributed by atoms with Gasteiger partial charge in [-0.05, 0) is 12.6 Å². The van der Waals surface area contributed by atoms with Gasteiger partial charge in [0.25, 0.3) is 0 Å². The quantitative estimate of drug-likeness (QED) is 0.883. The van der Waals surface area contributed by atoms with Gasteiger partial charge in [-0.2, -0.15) is 0 Å². The molecule has 4 nitrogen and oxygen atoms in total. The van der Waals surface area contributed by atoms with E-state index in [-0.39, 0.29) is 11.9 Å². The summed E-state index contributed by atoms with van der Waals surface area (Å²) in [7, 11) is 1.83. The minimum absolute atomic E-state index is 0.127. The Hall–Kier alpha value is -1.91. The zero-order valence-electron chi connectivity index (χ0n) is 10.8. The van der Waals surface area contributed by atoms with Gasteiger partial charge in [0.1, 0.15) is 11.9 Å². The van der Waals surface area contributed by atoms with Crippen molar-refractivity contribution >= 4 is 0 Å². The molecular weight excluding hydrogens is 240 g/mol. The fourth-order valence-corrected chi connectivity index (χ4v) is 2.43. The number of benzene rings is 1. The third kappa shape index (κ3) is 2.09. The van der Waals surface area contributed by atoms with E-state index in [1.54, 1.807) is 0 Å². The Morgan fingerprint density at radius 1 is 1.37 bits per heavy atom. The number of aromatic hydroxyl groups is 1. The second-order valence-electron chi connectivity index (χ2n) is 4.62. The summed E-state index contributed by atoms with van der Waals surface area (Å²) < 4.78 is 5.80. The van der Waals surface area contributed by atoms with Gasteiger partial charge < -0.3 is 15.2 Å². The maximum atomic E-state index is 10.2. The van der Waals surface area contributed by atoms with Crippen LogP contribution in [0.2, 0.25) is 0 Å². The molecular formula is C15H16N2O2. The predicted molar refractivity (Wildman–Crippen MR) is 71.7 cm³/mol. The molecule has 0 aliphatic carbocycles. The normalized spacial score (nSPS) is 17.4. The molecule has 98 valence electrons. The number of hydrogen-bond acceptors (Lipinski definition) is 4. The van der Waals surface area contributed by atoms with Crippen LogP contribution in [0, 0.1) is 0 Å². The van der Waals surface area contributed by atoms with Crippen LogP contribution in [0.5, 0.6) is 5.75 Å². The number of ether oxygens (including phenoxy) is 1. The monoisotopic (exact) mass is 256 g/mol. The number of aromatic nitrogens is 1. The molecule has 0 bridgehead atoms. The summed E-state index contributed by atoms with van der Waals surface area (Å²) in [6.45, 7) is 0.981. The third-order valence-corrected chi connectivity index (χ3v) is 3.39. The van der Waals surface area contributed by atoms with E-state index < -0.39 is 0 Å². The Morgan fingerprint density at radius 2 is 2.16 bits per heavy atom. The zero-order valence-corrected chi connectivity index (χ0v) is 10.8. The highest BCUT2D eigenvalue weighted by atomic mass is 16.5. The van der Waals surface area contributed by atoms with Crippen molar-refractivity contribution in [2.45, 2.75) is 19.3 Å². The second-order valence-corrected chi connectivity index (χ2v) is 4.62. The van der Waals surface area contributed by atoms with Crippen molar-refractivity contribution in [2.24, 2.45) is 0 Å². The van der Waals surface area contributed by atoms with Gasteiger partial charge in [0.15, 0.2) is 0 Å². The summed E-state index contributed by atoms with van der Waals surface area (Å²) in [5.41, 5.74) is 3.57. The van der Waals surface area contributed by atoms with Crippen LogP contribution in [-0.4, -0.2) is 17.1 Å². The smallest absolute Gasteiger partial charge is 0.144 e. The zero-order chi connectivity index (χ0) is 13.2. The third-order valence-electron chi connectivity index (χ3n) is 3.39. The number of pyridine rings is 1. The molecule has 1 aromatic carbocycles. The number of hydrogen-bond donors (Lipinski definition) is 2. The molecule has 0 spiro atoms. The maximum absolute atomic E-state index is 10.2. The van der Waals surface area contributed by atoms with Crippen LogP contribution in [0.3, 0.4) is 0 Å². The predicted octanol–water partition coefficient (Wildman–Crippen LogP) is 2.13. The summed E-state index contributed by atoms with van der Waals surface area (Å²) in [4.78, 5) is 4.32. The van der Waals surface area contributed by atoms with Gasteiger partial charge in [0, 0.05) is 23.9 Å². The Labute approximate surface area is 112 Å². The van der Waals surface area contributed by atoms with Crippen LogP contribution in [0.4, 0.5) is 0 Å². The minimum Gasteiger partial charge on any atom is -0.506 e. The highest BCUT2D eigenvalue weighted by Crippen LogP contribution is 2.40. The molecule has 0 amide bonds. The topological polar surface area (TPSA) is 54.4 Å². The van der Waals surface area contributed by atoms with E-state index >= 15 is 0 Å². The Morgan fingerprint density at radius 3 is 2.89 bits per heavy atom. The van der Waals surface area contributed by atoms with Gasteiger partial charge in [-0.25, -0.2) is 0 Å². The Bertz CT molecular complexity index is 584. The molecule has 0 fully saturated rings. The van der Waals surface area contributed by atoms with Crippen LogP contribution in [0.15, 0.2) is 36.5 Å². The highest BCUT2D eigenvalue weighted by molar-refractivity contribution is 5.46. The molecule has 2 N–H and O–H groups in total. The van der Waals surface area contributed by atoms with Gasteiger partial charge in [-0.1, -0.05) is 30.3 Å². The average molecular weight is 256 g/mol. The van der Waals surface area contributed by atoms with E-state index in [0.29, 0.717) is 18.8 Å². The van der Waals surface area contributed by atoms with Gasteiger partial charge in [-0.15, -0.1) is 0 Å². The first-order chi connectivity index (χ1) is 9.31. The van der Waals surface area contributed by atoms with E-state index in [1.807, 2.05) is 43.6 Å². The van der Waals surface area contributed by atoms with Gasteiger partial charge in [0.05, 0.1) is 12.3 Å². The molecule has 19 heavy (non-hydrogen) atoms. The summed E-state index contributed by atoms with van der Waals surface area (Å²) in [6.07, 6.45) is 1.69. The summed E-state index contributed by atoms with van der Waals surface area (Å²) in [5.74, 6) is 0.255. The highest BCUT2D eigenvalue weighted by Gasteiger charge is 2.28. The van der Waals surface area contributed by atoms with Crippen molar-refractivity contribution in [1.82, 2.24) is 10.3 Å². The fraction of sp³-hybridized carbons (Fsp3) is 0.267. The summed E-state index contributed by atoms with van der Waals surface area (Å²) >= 11 is 0. The lowest BCUT2D eigenvalue weighted by molar-refractivity contribution is 0.0932. The fourth-order valence-electron chi connectivity index (χ4n) is 2.43. The largest absolute Gasteiger partial charge is 0.506 e. The number of rotatable bonds is 3. The first-order valence-corrected chi connectivity index (χ1v) is 6.32. The molecule has 1 aromatic heterocycles. The van der Waals surface area contributed by atoms with Gasteiger partial charge in [-0.3, -0.25) is 4.98 Å². The first kappa shape index (κ1) is 12.1. The maximum Gasteiger partial charge on any atom is 0.144 e. The van der Waals surface area contributed by atoms with E-state index in [0.717, 1.165) is 16.7 Å². The van der Waals surface area contributed by atoms with E-state index in [9.17, 15) is 5.11 Å². The van der Waals surface area contributed by atoms with Crippen molar-refractivity contribution in [3.63, 3.8) is 0 Å². The van der Waals surface area contributed by atoms with Crippen molar-refractivity contribution in [2.75, 3.05) is 7.05 Å².